The van der Waals surface area contributed by atoms with E-state index in [4.69, 9.17) is 9.47 Å². The quantitative estimate of drug-likeness (QED) is 0.518. The first-order chi connectivity index (χ1) is 16.1. The summed E-state index contributed by atoms with van der Waals surface area (Å²) >= 11 is 0. The van der Waals surface area contributed by atoms with Gasteiger partial charge in [0.15, 0.2) is 0 Å². The third-order valence-electron chi connectivity index (χ3n) is 8.51. The molecule has 1 aromatic carbocycles. The second kappa shape index (κ2) is 10.9. The summed E-state index contributed by atoms with van der Waals surface area (Å²) in [5, 5.41) is 12.6. The normalized spacial score (nSPS) is 29.2. The van der Waals surface area contributed by atoms with E-state index < -0.39 is 34.7 Å². The van der Waals surface area contributed by atoms with Crippen molar-refractivity contribution in [3.05, 3.63) is 35.9 Å². The third kappa shape index (κ3) is 5.62. The minimum Gasteiger partial charge on any atom is -0.481 e. The van der Waals surface area contributed by atoms with Crippen molar-refractivity contribution >= 4 is 17.8 Å². The van der Waals surface area contributed by atoms with Gasteiger partial charge in [0, 0.05) is 5.92 Å². The van der Waals surface area contributed by atoms with Gasteiger partial charge in [-0.25, -0.2) is 4.79 Å². The van der Waals surface area contributed by atoms with Crippen LogP contribution in [0.5, 0.6) is 0 Å². The fraction of sp³-hybridized carbons (Fsp3) is 0.667. The topological polar surface area (TPSA) is 102 Å². The zero-order valence-corrected chi connectivity index (χ0v) is 20.8. The number of hydrogen-bond acceptors (Lipinski definition) is 5. The van der Waals surface area contributed by atoms with Gasteiger partial charge in [0.25, 0.3) is 0 Å². The predicted octanol–water partition coefficient (Wildman–Crippen LogP) is 4.34. The fourth-order valence-electron chi connectivity index (χ4n) is 5.63. The zero-order chi connectivity index (χ0) is 24.9. The minimum atomic E-state index is -0.978. The Hall–Kier alpha value is -2.41. The molecule has 7 nitrogen and oxygen atoms in total. The van der Waals surface area contributed by atoms with E-state index in [-0.39, 0.29) is 12.0 Å². The number of aliphatic carboxylic acids is 1. The molecule has 0 bridgehead atoms. The van der Waals surface area contributed by atoms with E-state index >= 15 is 0 Å². The lowest BCUT2D eigenvalue weighted by Gasteiger charge is -2.38. The number of carbonyl (C=O) groups is 3. The predicted molar refractivity (Wildman–Crippen MR) is 128 cm³/mol. The maximum Gasteiger partial charge on any atom is 0.328 e. The highest BCUT2D eigenvalue weighted by Gasteiger charge is 2.58. The van der Waals surface area contributed by atoms with Gasteiger partial charge in [0.05, 0.1) is 25.2 Å². The zero-order valence-electron chi connectivity index (χ0n) is 20.8. The molecule has 7 heteroatoms. The van der Waals surface area contributed by atoms with E-state index in [9.17, 15) is 19.5 Å². The summed E-state index contributed by atoms with van der Waals surface area (Å²) in [5.74, 6) is -1.77. The van der Waals surface area contributed by atoms with Crippen LogP contribution in [-0.2, 0) is 30.5 Å². The molecule has 188 valence electrons. The van der Waals surface area contributed by atoms with Crippen LogP contribution >= 0.6 is 0 Å². The summed E-state index contributed by atoms with van der Waals surface area (Å²) in [6, 6.07) is 9.39. The fourth-order valence-corrected chi connectivity index (χ4v) is 5.63. The van der Waals surface area contributed by atoms with Gasteiger partial charge < -0.3 is 19.9 Å². The van der Waals surface area contributed by atoms with Crippen LogP contribution in [0.25, 0.3) is 0 Å². The highest BCUT2D eigenvalue weighted by atomic mass is 16.5. The van der Waals surface area contributed by atoms with Crippen LogP contribution in [0.1, 0.15) is 71.3 Å². The molecule has 34 heavy (non-hydrogen) atoms. The number of carboxylic acids is 1. The Balaban J connectivity index is 1.54. The number of ether oxygens (including phenoxy) is 2. The first-order valence-electron chi connectivity index (χ1n) is 12.4. The maximum absolute atomic E-state index is 13.2. The van der Waals surface area contributed by atoms with E-state index in [1.54, 1.807) is 6.92 Å². The molecule has 2 fully saturated rings. The molecule has 0 heterocycles. The average molecular weight is 474 g/mol. The van der Waals surface area contributed by atoms with Crippen molar-refractivity contribution in [3.8, 4) is 0 Å². The van der Waals surface area contributed by atoms with E-state index in [1.807, 2.05) is 32.0 Å². The van der Waals surface area contributed by atoms with E-state index in [0.717, 1.165) is 31.2 Å². The van der Waals surface area contributed by atoms with Crippen molar-refractivity contribution < 1.29 is 29.0 Å². The first kappa shape index (κ1) is 26.2. The van der Waals surface area contributed by atoms with E-state index in [1.165, 1.54) is 7.11 Å². The Morgan fingerprint density at radius 3 is 2.26 bits per heavy atom. The average Bonchev–Trinajstić information content (AvgIpc) is 3.08. The monoisotopic (exact) mass is 473 g/mol. The van der Waals surface area contributed by atoms with Crippen molar-refractivity contribution in [2.24, 2.45) is 22.7 Å². The molecule has 0 unspecified atom stereocenters. The number of esters is 1. The minimum absolute atomic E-state index is 0.204. The molecule has 1 aromatic rings. The number of benzene rings is 1. The molecule has 2 aliphatic carbocycles. The van der Waals surface area contributed by atoms with Gasteiger partial charge in [-0.3, -0.25) is 9.59 Å². The molecule has 2 aliphatic rings. The van der Waals surface area contributed by atoms with Gasteiger partial charge in [0.1, 0.15) is 6.04 Å². The lowest BCUT2D eigenvalue weighted by molar-refractivity contribution is -0.156. The number of methoxy groups -OCH3 is 1. The van der Waals surface area contributed by atoms with Gasteiger partial charge >= 0.3 is 11.9 Å². The molecule has 0 radical (unpaired) electrons. The van der Waals surface area contributed by atoms with Gasteiger partial charge in [-0.2, -0.15) is 0 Å². The molecule has 3 atom stereocenters. The second-order valence-electron chi connectivity index (χ2n) is 10.7. The molecule has 2 saturated carbocycles. The molecule has 0 saturated heterocycles. The summed E-state index contributed by atoms with van der Waals surface area (Å²) in [7, 11) is 1.33. The highest BCUT2D eigenvalue weighted by molar-refractivity contribution is 5.88. The first-order valence-corrected chi connectivity index (χ1v) is 12.4. The van der Waals surface area contributed by atoms with Crippen molar-refractivity contribution in [1.82, 2.24) is 5.32 Å². The summed E-state index contributed by atoms with van der Waals surface area (Å²) < 4.78 is 11.1. The molecule has 0 spiro atoms. The number of amides is 1. The summed E-state index contributed by atoms with van der Waals surface area (Å²) in [5.41, 5.74) is -0.544. The van der Waals surface area contributed by atoms with Crippen molar-refractivity contribution in [2.75, 3.05) is 7.11 Å². The van der Waals surface area contributed by atoms with Crippen LogP contribution in [0.4, 0.5) is 0 Å². The van der Waals surface area contributed by atoms with Crippen LogP contribution in [-0.4, -0.2) is 42.2 Å². The van der Waals surface area contributed by atoms with Gasteiger partial charge in [0.2, 0.25) is 5.91 Å². The van der Waals surface area contributed by atoms with Crippen LogP contribution in [0.15, 0.2) is 30.3 Å². The second-order valence-corrected chi connectivity index (χ2v) is 10.7. The number of hydrogen-bond donors (Lipinski definition) is 2. The SMILES string of the molecule is COC(=O)[C@H](CC1CCC(OCc2ccccc2)CC1)NC(=O)[C@H]1CC[C@@](C)(C(=O)O)C1(C)C. The summed E-state index contributed by atoms with van der Waals surface area (Å²) in [4.78, 5) is 37.6. The lowest BCUT2D eigenvalue weighted by Crippen LogP contribution is -2.50. The summed E-state index contributed by atoms with van der Waals surface area (Å²) in [6.07, 6.45) is 5.34. The molecule has 3 rings (SSSR count). The third-order valence-corrected chi connectivity index (χ3v) is 8.51. The lowest BCUT2D eigenvalue weighted by atomic mass is 9.65. The Labute approximate surface area is 202 Å². The number of rotatable bonds is 9. The van der Waals surface area contributed by atoms with Gasteiger partial charge in [-0.05, 0) is 68.8 Å². The van der Waals surface area contributed by atoms with Gasteiger partial charge in [-0.15, -0.1) is 0 Å². The van der Waals surface area contributed by atoms with E-state index in [0.29, 0.717) is 31.8 Å². The Kier molecular flexibility index (Phi) is 8.39. The van der Waals surface area contributed by atoms with Crippen molar-refractivity contribution in [3.63, 3.8) is 0 Å². The Morgan fingerprint density at radius 1 is 1.06 bits per heavy atom. The number of nitrogens with one attached hydrogen (secondary N) is 1. The molecular weight excluding hydrogens is 434 g/mol. The smallest absolute Gasteiger partial charge is 0.328 e. The Bertz CT molecular complexity index is 861. The molecule has 0 aromatic heterocycles. The molecule has 1 amide bonds. The number of carbonyl (C=O) groups excluding carboxylic acids is 2. The van der Waals surface area contributed by atoms with Crippen LogP contribution in [0.2, 0.25) is 0 Å². The molecule has 0 aliphatic heterocycles. The standard InChI is InChI=1S/C27H39NO6/c1-26(2)21(14-15-27(26,3)25(31)32)23(29)28-22(24(30)33-4)16-18-10-12-20(13-11-18)34-17-19-8-6-5-7-9-19/h5-9,18,20-22H,10-17H2,1-4H3,(H,28,29)(H,31,32)/t18?,20?,21-,22+,27+/m1/s1. The summed E-state index contributed by atoms with van der Waals surface area (Å²) in [6.45, 7) is 5.98. The largest absolute Gasteiger partial charge is 0.481 e. The van der Waals surface area contributed by atoms with Crippen LogP contribution in [0.3, 0.4) is 0 Å². The number of carboxylic acid groups (broad SMARTS) is 1. The molecular formula is C27H39NO6. The molecule has 2 N–H and O–H groups in total. The maximum atomic E-state index is 13.2. The van der Waals surface area contributed by atoms with Crippen molar-refractivity contribution in [2.45, 2.75) is 84.5 Å². The van der Waals surface area contributed by atoms with Gasteiger partial charge in [-0.1, -0.05) is 44.2 Å². The van der Waals surface area contributed by atoms with Crippen molar-refractivity contribution in [1.29, 1.82) is 0 Å². The van der Waals surface area contributed by atoms with E-state index in [2.05, 4.69) is 17.4 Å². The van der Waals surface area contributed by atoms with Crippen LogP contribution in [0, 0.1) is 22.7 Å². The Morgan fingerprint density at radius 2 is 1.71 bits per heavy atom. The highest BCUT2D eigenvalue weighted by Crippen LogP contribution is 2.56. The van der Waals surface area contributed by atoms with Crippen LogP contribution < -0.4 is 5.32 Å².